The van der Waals surface area contributed by atoms with Gasteiger partial charge in [0.1, 0.15) is 0 Å². The molecule has 8 atom stereocenters. The first-order valence-corrected chi connectivity index (χ1v) is 12.9. The van der Waals surface area contributed by atoms with Crippen LogP contribution in [0.3, 0.4) is 0 Å². The third-order valence-corrected chi connectivity index (χ3v) is 9.68. The Morgan fingerprint density at radius 2 is 1.89 bits per heavy atom. The third-order valence-electron chi connectivity index (χ3n) is 9.68. The van der Waals surface area contributed by atoms with Gasteiger partial charge in [-0.1, -0.05) is 39.3 Å². The molecule has 7 nitrogen and oxygen atoms in total. The zero-order valence-corrected chi connectivity index (χ0v) is 21.5. The maximum atomic E-state index is 13.6. The smallest absolute Gasteiger partial charge is 0.306 e. The minimum atomic E-state index is -1.44. The Bertz CT molecular complexity index is 995. The number of hydrogen-bond acceptors (Lipinski definition) is 7. The van der Waals surface area contributed by atoms with Crippen molar-refractivity contribution in [2.24, 2.45) is 34.5 Å². The van der Waals surface area contributed by atoms with Crippen molar-refractivity contribution in [3.8, 4) is 0 Å². The Labute approximate surface area is 207 Å². The van der Waals surface area contributed by atoms with Crippen LogP contribution in [0.1, 0.15) is 73.1 Å². The Hall–Kier alpha value is -2.28. The van der Waals surface area contributed by atoms with E-state index in [2.05, 4.69) is 13.8 Å². The number of carbonyl (C=O) groups excluding carboxylic acids is 4. The second-order valence-electron chi connectivity index (χ2n) is 11.5. The topological polar surface area (TPSA) is 107 Å². The van der Waals surface area contributed by atoms with Gasteiger partial charge in [-0.15, -0.1) is 0 Å². The molecule has 3 saturated carbocycles. The van der Waals surface area contributed by atoms with Crippen LogP contribution in [0.5, 0.6) is 0 Å². The fourth-order valence-electron chi connectivity index (χ4n) is 8.10. The minimum absolute atomic E-state index is 0.0136. The van der Waals surface area contributed by atoms with Crippen molar-refractivity contribution in [3.63, 3.8) is 0 Å². The van der Waals surface area contributed by atoms with Crippen molar-refractivity contribution in [1.29, 1.82) is 0 Å². The van der Waals surface area contributed by atoms with Crippen LogP contribution in [0.2, 0.25) is 0 Å². The van der Waals surface area contributed by atoms with Crippen LogP contribution < -0.4 is 0 Å². The average molecular weight is 487 g/mol. The van der Waals surface area contributed by atoms with E-state index >= 15 is 0 Å². The van der Waals surface area contributed by atoms with Gasteiger partial charge in [0.05, 0.1) is 6.10 Å². The van der Waals surface area contributed by atoms with Gasteiger partial charge in [0.15, 0.2) is 18.0 Å². The summed E-state index contributed by atoms with van der Waals surface area (Å²) in [7, 11) is 0. The highest BCUT2D eigenvalue weighted by molar-refractivity contribution is 6.01. The monoisotopic (exact) mass is 486 g/mol. The SMILES string of the molecule is CCC(=O)O[C@]1(C(=O)COC(C)=O)CC[C@H]2[C@H]3CC[C@H](C)C4=CC(=O)C=C[C@]4(C)[C@H]3[C@@H](O)C[C@@]21C. The van der Waals surface area contributed by atoms with E-state index in [9.17, 15) is 24.3 Å². The van der Waals surface area contributed by atoms with E-state index < -0.39 is 46.9 Å². The first-order valence-electron chi connectivity index (χ1n) is 12.9. The van der Waals surface area contributed by atoms with E-state index in [4.69, 9.17) is 9.47 Å². The van der Waals surface area contributed by atoms with Gasteiger partial charge in [0, 0.05) is 30.1 Å². The molecular formula is C28H38O7. The zero-order chi connectivity index (χ0) is 25.8. The fraction of sp³-hybridized carbons (Fsp3) is 0.714. The third kappa shape index (κ3) is 3.90. The number of esters is 2. The van der Waals surface area contributed by atoms with Gasteiger partial charge < -0.3 is 14.6 Å². The van der Waals surface area contributed by atoms with E-state index in [-0.39, 0.29) is 35.9 Å². The van der Waals surface area contributed by atoms with Crippen LogP contribution in [-0.2, 0) is 28.7 Å². The summed E-state index contributed by atoms with van der Waals surface area (Å²) in [6.45, 7) is 8.71. The second-order valence-corrected chi connectivity index (χ2v) is 11.5. The fourth-order valence-corrected chi connectivity index (χ4v) is 8.10. The van der Waals surface area contributed by atoms with Crippen LogP contribution in [0.15, 0.2) is 23.8 Å². The average Bonchev–Trinajstić information content (AvgIpc) is 3.02. The summed E-state index contributed by atoms with van der Waals surface area (Å²) >= 11 is 0. The van der Waals surface area contributed by atoms with Gasteiger partial charge >= 0.3 is 11.9 Å². The number of aliphatic hydroxyl groups excluding tert-OH is 1. The lowest BCUT2D eigenvalue weighted by atomic mass is 9.49. The van der Waals surface area contributed by atoms with Crippen molar-refractivity contribution in [2.45, 2.75) is 84.8 Å². The van der Waals surface area contributed by atoms with Crippen LogP contribution in [-0.4, -0.2) is 46.9 Å². The first-order chi connectivity index (χ1) is 16.4. The standard InChI is InChI=1S/C28H38O7/c1-6-24(33)35-28(23(32)15-34-17(3)29)12-10-20-19-8-7-16(2)21-13-18(30)9-11-26(21,4)25(19)22(31)14-27(20,28)5/h9,11,13,16,19-20,22,25,31H,6-8,10,12,14-15H2,1-5H3/t16-,19+,20-,22-,25+,26-,27-,28-/m0/s1. The summed E-state index contributed by atoms with van der Waals surface area (Å²) in [5.41, 5.74) is -1.62. The number of allylic oxidation sites excluding steroid dienone is 4. The summed E-state index contributed by atoms with van der Waals surface area (Å²) in [5.74, 6) is -1.25. The number of rotatable bonds is 5. The van der Waals surface area contributed by atoms with Crippen LogP contribution in [0.25, 0.3) is 0 Å². The van der Waals surface area contributed by atoms with E-state index in [1.807, 2.05) is 13.0 Å². The molecule has 0 heterocycles. The second kappa shape index (κ2) is 8.99. The van der Waals surface area contributed by atoms with Crippen molar-refractivity contribution in [3.05, 3.63) is 23.8 Å². The van der Waals surface area contributed by atoms with Crippen molar-refractivity contribution < 1.29 is 33.8 Å². The summed E-state index contributed by atoms with van der Waals surface area (Å²) in [6, 6.07) is 0. The Morgan fingerprint density at radius 1 is 1.17 bits per heavy atom. The molecule has 0 saturated heterocycles. The highest BCUT2D eigenvalue weighted by Gasteiger charge is 2.70. The molecule has 4 aliphatic carbocycles. The summed E-state index contributed by atoms with van der Waals surface area (Å²) in [6.07, 6.45) is 7.76. The number of fused-ring (bicyclic) bond motifs is 5. The molecule has 0 bridgehead atoms. The number of hydrogen-bond donors (Lipinski definition) is 1. The number of aliphatic hydroxyl groups is 1. The molecule has 0 aromatic carbocycles. The van der Waals surface area contributed by atoms with Gasteiger partial charge in [-0.3, -0.25) is 19.2 Å². The molecule has 4 aliphatic rings. The van der Waals surface area contributed by atoms with Gasteiger partial charge in [0.25, 0.3) is 0 Å². The highest BCUT2D eigenvalue weighted by atomic mass is 16.6. The van der Waals surface area contributed by atoms with Crippen molar-refractivity contribution in [1.82, 2.24) is 0 Å². The van der Waals surface area contributed by atoms with Gasteiger partial charge in [-0.25, -0.2) is 0 Å². The van der Waals surface area contributed by atoms with Crippen molar-refractivity contribution >= 4 is 23.5 Å². The maximum Gasteiger partial charge on any atom is 0.306 e. The van der Waals surface area contributed by atoms with Crippen LogP contribution in [0, 0.1) is 34.5 Å². The number of ether oxygens (including phenoxy) is 2. The number of carbonyl (C=O) groups is 4. The van der Waals surface area contributed by atoms with Crippen LogP contribution in [0.4, 0.5) is 0 Å². The first kappa shape index (κ1) is 25.8. The Morgan fingerprint density at radius 3 is 2.54 bits per heavy atom. The largest absolute Gasteiger partial charge is 0.458 e. The Kier molecular flexibility index (Phi) is 6.62. The molecule has 7 heteroatoms. The molecule has 192 valence electrons. The van der Waals surface area contributed by atoms with Crippen molar-refractivity contribution in [2.75, 3.05) is 6.61 Å². The van der Waals surface area contributed by atoms with Gasteiger partial charge in [-0.2, -0.15) is 0 Å². The van der Waals surface area contributed by atoms with Crippen LogP contribution >= 0.6 is 0 Å². The summed E-state index contributed by atoms with van der Waals surface area (Å²) in [4.78, 5) is 49.9. The zero-order valence-electron chi connectivity index (χ0n) is 21.5. The predicted octanol–water partition coefficient (Wildman–Crippen LogP) is 3.73. The Balaban J connectivity index is 1.77. The molecule has 1 N–H and O–H groups in total. The molecule has 0 aromatic rings. The molecule has 0 aliphatic heterocycles. The molecule has 3 fully saturated rings. The quantitative estimate of drug-likeness (QED) is 0.590. The van der Waals surface area contributed by atoms with Gasteiger partial charge in [-0.05, 0) is 62.0 Å². The lowest BCUT2D eigenvalue weighted by Gasteiger charge is -2.57. The molecule has 0 aromatic heterocycles. The minimum Gasteiger partial charge on any atom is -0.458 e. The molecular weight excluding hydrogens is 448 g/mol. The number of ketones is 2. The molecule has 0 radical (unpaired) electrons. The molecule has 0 amide bonds. The summed E-state index contributed by atoms with van der Waals surface area (Å²) < 4.78 is 11.0. The molecule has 35 heavy (non-hydrogen) atoms. The highest BCUT2D eigenvalue weighted by Crippen LogP contribution is 2.67. The number of Topliss-reactive ketones (excluding diaryl/α,β-unsaturated/α-hetero) is 1. The molecule has 0 unspecified atom stereocenters. The lowest BCUT2D eigenvalue weighted by molar-refractivity contribution is -0.199. The molecule has 0 spiro atoms. The lowest BCUT2D eigenvalue weighted by Crippen LogP contribution is -2.62. The summed E-state index contributed by atoms with van der Waals surface area (Å²) in [5, 5.41) is 11.7. The van der Waals surface area contributed by atoms with E-state index in [0.717, 1.165) is 18.4 Å². The van der Waals surface area contributed by atoms with Gasteiger partial charge in [0.2, 0.25) is 5.78 Å². The van der Waals surface area contributed by atoms with E-state index in [1.54, 1.807) is 19.1 Å². The molecule has 4 rings (SSSR count). The normalized spacial score (nSPS) is 42.2. The van der Waals surface area contributed by atoms with E-state index in [1.165, 1.54) is 6.92 Å². The van der Waals surface area contributed by atoms with E-state index in [0.29, 0.717) is 19.3 Å². The maximum absolute atomic E-state index is 13.6. The predicted molar refractivity (Wildman–Crippen MR) is 128 cm³/mol.